The van der Waals surface area contributed by atoms with Crippen LogP contribution in [0.1, 0.15) is 25.5 Å². The zero-order chi connectivity index (χ0) is 14.3. The fourth-order valence-electron chi connectivity index (χ4n) is 1.52. The highest BCUT2D eigenvalue weighted by Crippen LogP contribution is 2.09. The van der Waals surface area contributed by atoms with Gasteiger partial charge in [0.2, 0.25) is 0 Å². The van der Waals surface area contributed by atoms with E-state index in [1.54, 1.807) is 25.3 Å². The molecule has 0 aliphatic rings. The Balaban J connectivity index is 2.26. The summed E-state index contributed by atoms with van der Waals surface area (Å²) in [5, 5.41) is 14.1. The van der Waals surface area contributed by atoms with Crippen LogP contribution in [0.15, 0.2) is 18.3 Å². The summed E-state index contributed by atoms with van der Waals surface area (Å²) in [6.45, 7) is 3.91. The Labute approximate surface area is 112 Å². The number of carbonyl (C=O) groups excluding carboxylic acids is 1. The van der Waals surface area contributed by atoms with Crippen molar-refractivity contribution in [2.75, 3.05) is 11.9 Å². The van der Waals surface area contributed by atoms with Crippen molar-refractivity contribution in [2.24, 2.45) is 5.92 Å². The Hall–Kier alpha value is -2.11. The van der Waals surface area contributed by atoms with Crippen molar-refractivity contribution in [3.05, 3.63) is 24.0 Å². The van der Waals surface area contributed by atoms with Crippen LogP contribution in [0.25, 0.3) is 0 Å². The molecule has 1 heterocycles. The molecule has 3 N–H and O–H groups in total. The van der Waals surface area contributed by atoms with Gasteiger partial charge in [-0.25, -0.2) is 4.79 Å². The molecule has 0 bridgehead atoms. The largest absolute Gasteiger partial charge is 0.481 e. The van der Waals surface area contributed by atoms with E-state index in [1.807, 2.05) is 6.92 Å². The zero-order valence-corrected chi connectivity index (χ0v) is 11.1. The van der Waals surface area contributed by atoms with Crippen LogP contribution in [0, 0.1) is 12.8 Å². The SMILES string of the molecule is Cc1ncccc1NC(=O)NCCCC(C)C(=O)O. The second-order valence-electron chi connectivity index (χ2n) is 4.40. The van der Waals surface area contributed by atoms with Gasteiger partial charge in [-0.3, -0.25) is 9.78 Å². The second-order valence-corrected chi connectivity index (χ2v) is 4.40. The number of carboxylic acids is 1. The van der Waals surface area contributed by atoms with Crippen LogP contribution in [0.3, 0.4) is 0 Å². The summed E-state index contributed by atoms with van der Waals surface area (Å²) in [5.74, 6) is -1.19. The quantitative estimate of drug-likeness (QED) is 0.686. The molecule has 19 heavy (non-hydrogen) atoms. The summed E-state index contributed by atoms with van der Waals surface area (Å²) in [5.41, 5.74) is 1.41. The standard InChI is InChI=1S/C13H19N3O3/c1-9(12(17)18)5-3-8-15-13(19)16-11-6-4-7-14-10(11)2/h4,6-7,9H,3,5,8H2,1-2H3,(H,17,18)(H2,15,16,19). The molecule has 1 aromatic heterocycles. The number of aromatic nitrogens is 1. The lowest BCUT2D eigenvalue weighted by Crippen LogP contribution is -2.30. The molecular formula is C13H19N3O3. The van der Waals surface area contributed by atoms with E-state index in [-0.39, 0.29) is 11.9 Å². The number of nitrogens with zero attached hydrogens (tertiary/aromatic N) is 1. The minimum atomic E-state index is -0.810. The second kappa shape index (κ2) is 7.35. The normalized spacial score (nSPS) is 11.7. The first-order chi connectivity index (χ1) is 9.00. The van der Waals surface area contributed by atoms with Crippen molar-refractivity contribution in [3.63, 3.8) is 0 Å². The molecule has 1 aromatic rings. The lowest BCUT2D eigenvalue weighted by Gasteiger charge is -2.10. The van der Waals surface area contributed by atoms with Crippen molar-refractivity contribution in [2.45, 2.75) is 26.7 Å². The van der Waals surface area contributed by atoms with Gasteiger partial charge in [-0.1, -0.05) is 6.92 Å². The third-order valence-corrected chi connectivity index (χ3v) is 2.78. The summed E-state index contributed by atoms with van der Waals surface area (Å²) in [7, 11) is 0. The molecule has 6 nitrogen and oxygen atoms in total. The maximum absolute atomic E-state index is 11.6. The van der Waals surface area contributed by atoms with Crippen LogP contribution in [0.4, 0.5) is 10.5 Å². The van der Waals surface area contributed by atoms with Gasteiger partial charge >= 0.3 is 12.0 Å². The predicted octanol–water partition coefficient (Wildman–Crippen LogP) is 2.01. The van der Waals surface area contributed by atoms with Gasteiger partial charge in [-0.2, -0.15) is 0 Å². The molecule has 1 rings (SSSR count). The molecule has 1 unspecified atom stereocenters. The Morgan fingerprint density at radius 3 is 2.84 bits per heavy atom. The third-order valence-electron chi connectivity index (χ3n) is 2.78. The Bertz CT molecular complexity index is 449. The maximum atomic E-state index is 11.6. The Morgan fingerprint density at radius 2 is 2.21 bits per heavy atom. The molecule has 0 fully saturated rings. The number of nitrogens with one attached hydrogen (secondary N) is 2. The van der Waals surface area contributed by atoms with E-state index in [1.165, 1.54) is 0 Å². The number of carboxylic acid groups (broad SMARTS) is 1. The Kier molecular flexibility index (Phi) is 5.78. The van der Waals surface area contributed by atoms with E-state index in [9.17, 15) is 9.59 Å². The highest BCUT2D eigenvalue weighted by atomic mass is 16.4. The van der Waals surface area contributed by atoms with Gasteiger partial charge in [0.05, 0.1) is 17.3 Å². The van der Waals surface area contributed by atoms with Crippen LogP contribution in [0.5, 0.6) is 0 Å². The number of aryl methyl sites for hydroxylation is 1. The third kappa shape index (κ3) is 5.37. The first kappa shape index (κ1) is 14.9. The van der Waals surface area contributed by atoms with Crippen molar-refractivity contribution in [1.82, 2.24) is 10.3 Å². The molecule has 0 radical (unpaired) electrons. The fourth-order valence-corrected chi connectivity index (χ4v) is 1.52. The first-order valence-corrected chi connectivity index (χ1v) is 6.20. The average Bonchev–Trinajstić information content (AvgIpc) is 2.37. The smallest absolute Gasteiger partial charge is 0.319 e. The van der Waals surface area contributed by atoms with Crippen LogP contribution in [0.2, 0.25) is 0 Å². The van der Waals surface area contributed by atoms with E-state index in [2.05, 4.69) is 15.6 Å². The lowest BCUT2D eigenvalue weighted by molar-refractivity contribution is -0.141. The number of amides is 2. The molecule has 1 atom stereocenters. The topological polar surface area (TPSA) is 91.3 Å². The van der Waals surface area contributed by atoms with Gasteiger partial charge in [-0.15, -0.1) is 0 Å². The van der Waals surface area contributed by atoms with Gasteiger partial charge < -0.3 is 15.7 Å². The molecule has 0 saturated carbocycles. The molecular weight excluding hydrogens is 246 g/mol. The summed E-state index contributed by atoms with van der Waals surface area (Å²) in [4.78, 5) is 26.2. The molecule has 2 amide bonds. The molecule has 6 heteroatoms. The van der Waals surface area contributed by atoms with E-state index in [0.29, 0.717) is 25.1 Å². The number of anilines is 1. The number of rotatable bonds is 6. The zero-order valence-electron chi connectivity index (χ0n) is 11.1. The maximum Gasteiger partial charge on any atom is 0.319 e. The van der Waals surface area contributed by atoms with Crippen molar-refractivity contribution >= 4 is 17.7 Å². The van der Waals surface area contributed by atoms with Gasteiger partial charge in [-0.05, 0) is 31.9 Å². The summed E-state index contributed by atoms with van der Waals surface area (Å²) >= 11 is 0. The highest BCUT2D eigenvalue weighted by molar-refractivity contribution is 5.89. The van der Waals surface area contributed by atoms with Gasteiger partial charge in [0.1, 0.15) is 0 Å². The fraction of sp³-hybridized carbons (Fsp3) is 0.462. The molecule has 0 aliphatic carbocycles. The molecule has 0 aromatic carbocycles. The van der Waals surface area contributed by atoms with E-state index in [0.717, 1.165) is 5.69 Å². The molecule has 0 saturated heterocycles. The van der Waals surface area contributed by atoms with Crippen LogP contribution in [-0.4, -0.2) is 28.6 Å². The number of hydrogen-bond donors (Lipinski definition) is 3. The van der Waals surface area contributed by atoms with Gasteiger partial charge in [0.15, 0.2) is 0 Å². The molecule has 104 valence electrons. The summed E-state index contributed by atoms with van der Waals surface area (Å²) in [6.07, 6.45) is 2.83. The first-order valence-electron chi connectivity index (χ1n) is 6.20. The lowest BCUT2D eigenvalue weighted by atomic mass is 10.1. The van der Waals surface area contributed by atoms with Gasteiger partial charge in [0, 0.05) is 12.7 Å². The minimum absolute atomic E-state index is 0.306. The molecule has 0 spiro atoms. The van der Waals surface area contributed by atoms with Crippen molar-refractivity contribution in [3.8, 4) is 0 Å². The van der Waals surface area contributed by atoms with Crippen LogP contribution in [-0.2, 0) is 4.79 Å². The van der Waals surface area contributed by atoms with Crippen LogP contribution < -0.4 is 10.6 Å². The average molecular weight is 265 g/mol. The van der Waals surface area contributed by atoms with Crippen LogP contribution >= 0.6 is 0 Å². The van der Waals surface area contributed by atoms with Crippen molar-refractivity contribution in [1.29, 1.82) is 0 Å². The number of urea groups is 1. The number of aliphatic carboxylic acids is 1. The van der Waals surface area contributed by atoms with E-state index >= 15 is 0 Å². The Morgan fingerprint density at radius 1 is 1.47 bits per heavy atom. The van der Waals surface area contributed by atoms with Crippen molar-refractivity contribution < 1.29 is 14.7 Å². The van der Waals surface area contributed by atoms with E-state index in [4.69, 9.17) is 5.11 Å². The number of carbonyl (C=O) groups is 2. The number of pyridine rings is 1. The number of hydrogen-bond acceptors (Lipinski definition) is 3. The summed E-state index contributed by atoms with van der Waals surface area (Å²) < 4.78 is 0. The minimum Gasteiger partial charge on any atom is -0.481 e. The van der Waals surface area contributed by atoms with Gasteiger partial charge in [0.25, 0.3) is 0 Å². The van der Waals surface area contributed by atoms with E-state index < -0.39 is 5.97 Å². The summed E-state index contributed by atoms with van der Waals surface area (Å²) in [6, 6.07) is 3.21. The molecule has 0 aliphatic heterocycles. The monoisotopic (exact) mass is 265 g/mol. The predicted molar refractivity (Wildman–Crippen MR) is 72.0 cm³/mol. The highest BCUT2D eigenvalue weighted by Gasteiger charge is 2.10.